The first-order valence-corrected chi connectivity index (χ1v) is 11.6. The van der Waals surface area contributed by atoms with E-state index in [4.69, 9.17) is 12.2 Å². The van der Waals surface area contributed by atoms with Crippen molar-refractivity contribution < 1.29 is 9.59 Å². The summed E-state index contributed by atoms with van der Waals surface area (Å²) in [7, 11) is 0. The van der Waals surface area contributed by atoms with Crippen molar-refractivity contribution in [3.8, 4) is 0 Å². The number of aromatic amines is 1. The van der Waals surface area contributed by atoms with Gasteiger partial charge in [0.15, 0.2) is 3.95 Å². The molecule has 0 saturated carbocycles. The van der Waals surface area contributed by atoms with Crippen LogP contribution in [-0.2, 0) is 11.2 Å². The molecule has 3 amide bonds. The highest BCUT2D eigenvalue weighted by Gasteiger charge is 2.29. The lowest BCUT2D eigenvalue weighted by atomic mass is 10.0. The second-order valence-corrected chi connectivity index (χ2v) is 9.07. The lowest BCUT2D eigenvalue weighted by Gasteiger charge is -2.37. The van der Waals surface area contributed by atoms with E-state index in [1.807, 2.05) is 53.4 Å². The fraction of sp³-hybridized carbons (Fsp3) is 0.273. The SMILES string of the molecule is O=C(Nc1n[nH]c(=S)s1)N[C@@H](Cc1ccccc1)C(=O)N1CCN(c2ccccc2)CC1. The van der Waals surface area contributed by atoms with Gasteiger partial charge >= 0.3 is 6.03 Å². The summed E-state index contributed by atoms with van der Waals surface area (Å²) in [5.74, 6) is -0.0913. The van der Waals surface area contributed by atoms with Crippen LogP contribution in [0.1, 0.15) is 5.56 Å². The molecular weight excluding hydrogens is 444 g/mol. The highest BCUT2D eigenvalue weighted by atomic mass is 32.1. The summed E-state index contributed by atoms with van der Waals surface area (Å²) < 4.78 is 0.466. The van der Waals surface area contributed by atoms with Crippen LogP contribution < -0.4 is 15.5 Å². The number of amides is 3. The molecule has 1 fully saturated rings. The van der Waals surface area contributed by atoms with Crippen molar-refractivity contribution in [3.63, 3.8) is 0 Å². The van der Waals surface area contributed by atoms with E-state index in [9.17, 15) is 9.59 Å². The van der Waals surface area contributed by atoms with Crippen molar-refractivity contribution in [2.24, 2.45) is 0 Å². The molecule has 8 nitrogen and oxygen atoms in total. The summed E-state index contributed by atoms with van der Waals surface area (Å²) in [6, 6.07) is 18.7. The average Bonchev–Trinajstić information content (AvgIpc) is 3.23. The van der Waals surface area contributed by atoms with Crippen LogP contribution in [0.15, 0.2) is 60.7 Å². The Hall–Kier alpha value is -3.24. The Kier molecular flexibility index (Phi) is 7.13. The van der Waals surface area contributed by atoms with Gasteiger partial charge in [-0.05, 0) is 29.9 Å². The van der Waals surface area contributed by atoms with Gasteiger partial charge in [-0.25, -0.2) is 4.79 Å². The number of rotatable bonds is 6. The normalized spacial score (nSPS) is 14.6. The number of carbonyl (C=O) groups is 2. The Morgan fingerprint density at radius 2 is 1.69 bits per heavy atom. The van der Waals surface area contributed by atoms with Gasteiger partial charge < -0.3 is 15.1 Å². The van der Waals surface area contributed by atoms with Crippen LogP contribution in [0.2, 0.25) is 0 Å². The lowest BCUT2D eigenvalue weighted by Crippen LogP contribution is -2.56. The summed E-state index contributed by atoms with van der Waals surface area (Å²) >= 11 is 6.15. The zero-order valence-electron chi connectivity index (χ0n) is 17.4. The number of benzene rings is 2. The Bertz CT molecular complexity index is 1090. The summed E-state index contributed by atoms with van der Waals surface area (Å²) in [6.07, 6.45) is 0.405. The number of nitrogens with zero attached hydrogens (tertiary/aromatic N) is 3. The Balaban J connectivity index is 1.42. The maximum absolute atomic E-state index is 13.4. The molecule has 0 bridgehead atoms. The Morgan fingerprint density at radius 3 is 2.31 bits per heavy atom. The monoisotopic (exact) mass is 468 g/mol. The highest BCUT2D eigenvalue weighted by molar-refractivity contribution is 7.73. The molecule has 2 aromatic carbocycles. The summed E-state index contributed by atoms with van der Waals surface area (Å²) in [5.41, 5.74) is 2.13. The van der Waals surface area contributed by atoms with E-state index in [1.54, 1.807) is 0 Å². The van der Waals surface area contributed by atoms with E-state index in [1.165, 1.54) is 0 Å². The molecule has 0 radical (unpaired) electrons. The Morgan fingerprint density at radius 1 is 1.03 bits per heavy atom. The molecule has 0 spiro atoms. The lowest BCUT2D eigenvalue weighted by molar-refractivity contribution is -0.133. The van der Waals surface area contributed by atoms with Crippen molar-refractivity contribution in [3.05, 3.63) is 70.2 Å². The van der Waals surface area contributed by atoms with Crippen molar-refractivity contribution in [2.45, 2.75) is 12.5 Å². The molecule has 1 aliphatic heterocycles. The van der Waals surface area contributed by atoms with Crippen LogP contribution in [0.5, 0.6) is 0 Å². The maximum atomic E-state index is 13.4. The van der Waals surface area contributed by atoms with Crippen LogP contribution in [0, 0.1) is 3.95 Å². The number of H-pyrrole nitrogens is 1. The largest absolute Gasteiger partial charge is 0.368 e. The van der Waals surface area contributed by atoms with Gasteiger partial charge in [-0.15, -0.1) is 5.10 Å². The van der Waals surface area contributed by atoms with Gasteiger partial charge in [0, 0.05) is 38.3 Å². The van der Waals surface area contributed by atoms with Gasteiger partial charge in [-0.3, -0.25) is 15.2 Å². The fourth-order valence-electron chi connectivity index (χ4n) is 3.67. The summed E-state index contributed by atoms with van der Waals surface area (Å²) in [4.78, 5) is 30.0. The highest BCUT2D eigenvalue weighted by Crippen LogP contribution is 2.17. The number of carbonyl (C=O) groups excluding carboxylic acids is 2. The first-order chi connectivity index (χ1) is 15.6. The number of hydrogen-bond donors (Lipinski definition) is 3. The molecule has 3 N–H and O–H groups in total. The zero-order chi connectivity index (χ0) is 22.3. The predicted molar refractivity (Wildman–Crippen MR) is 129 cm³/mol. The molecule has 1 atom stereocenters. The van der Waals surface area contributed by atoms with Gasteiger partial charge in [0.2, 0.25) is 11.0 Å². The minimum atomic E-state index is -0.687. The molecule has 32 heavy (non-hydrogen) atoms. The van der Waals surface area contributed by atoms with Gasteiger partial charge in [0.25, 0.3) is 0 Å². The zero-order valence-corrected chi connectivity index (χ0v) is 19.0. The minimum absolute atomic E-state index is 0.0913. The number of hydrogen-bond acceptors (Lipinski definition) is 6. The van der Waals surface area contributed by atoms with Crippen LogP contribution in [0.3, 0.4) is 0 Å². The molecule has 2 heterocycles. The number of para-hydroxylation sites is 1. The molecular formula is C22H24N6O2S2. The molecule has 4 rings (SSSR count). The topological polar surface area (TPSA) is 93.4 Å². The maximum Gasteiger partial charge on any atom is 0.321 e. The molecule has 1 aliphatic rings. The van der Waals surface area contributed by atoms with Crippen molar-refractivity contribution in [1.82, 2.24) is 20.4 Å². The third-order valence-corrected chi connectivity index (χ3v) is 6.26. The molecule has 0 aliphatic carbocycles. The number of piperazine rings is 1. The number of anilines is 2. The average molecular weight is 469 g/mol. The number of urea groups is 1. The quantitative estimate of drug-likeness (QED) is 0.483. The van der Waals surface area contributed by atoms with E-state index < -0.39 is 12.1 Å². The first-order valence-electron chi connectivity index (χ1n) is 10.3. The molecule has 1 saturated heterocycles. The molecule has 3 aromatic rings. The molecule has 1 aromatic heterocycles. The second-order valence-electron chi connectivity index (χ2n) is 7.41. The second kappa shape index (κ2) is 10.4. The van der Waals surface area contributed by atoms with E-state index in [-0.39, 0.29) is 5.91 Å². The van der Waals surface area contributed by atoms with E-state index in [0.29, 0.717) is 28.6 Å². The molecule has 0 unspecified atom stereocenters. The van der Waals surface area contributed by atoms with Gasteiger partial charge in [-0.1, -0.05) is 59.9 Å². The van der Waals surface area contributed by atoms with Gasteiger partial charge in [0.1, 0.15) is 6.04 Å². The smallest absolute Gasteiger partial charge is 0.321 e. The standard InChI is InChI=1S/C22H24N6O2S2/c29-19(28-13-11-27(12-14-28)17-9-5-2-6-10-17)18(15-16-7-3-1-4-8-16)23-20(30)24-21-25-26-22(31)32-21/h1-10,18H,11-15H2,(H,26,31)(H2,23,24,25,30)/t18-/m0/s1. The van der Waals surface area contributed by atoms with Crippen molar-refractivity contribution >= 4 is 46.3 Å². The van der Waals surface area contributed by atoms with Crippen LogP contribution in [0.4, 0.5) is 15.6 Å². The first kappa shape index (κ1) is 22.0. The van der Waals surface area contributed by atoms with Crippen molar-refractivity contribution in [2.75, 3.05) is 36.4 Å². The number of nitrogens with one attached hydrogen (secondary N) is 3. The third-order valence-electron chi connectivity index (χ3n) is 5.26. The number of aromatic nitrogens is 2. The van der Waals surface area contributed by atoms with Crippen LogP contribution in [0.25, 0.3) is 0 Å². The molecule has 10 heteroatoms. The van der Waals surface area contributed by atoms with E-state index in [0.717, 1.165) is 35.7 Å². The fourth-order valence-corrected chi connectivity index (χ4v) is 4.45. The predicted octanol–water partition coefficient (Wildman–Crippen LogP) is 3.28. The Labute approximate surface area is 195 Å². The van der Waals surface area contributed by atoms with Crippen LogP contribution >= 0.6 is 23.6 Å². The van der Waals surface area contributed by atoms with Gasteiger partial charge in [0.05, 0.1) is 0 Å². The van der Waals surface area contributed by atoms with Crippen molar-refractivity contribution in [1.29, 1.82) is 0 Å². The van der Waals surface area contributed by atoms with E-state index in [2.05, 4.69) is 37.9 Å². The summed E-state index contributed by atoms with van der Waals surface area (Å²) in [6.45, 7) is 2.69. The van der Waals surface area contributed by atoms with E-state index >= 15 is 0 Å². The van der Waals surface area contributed by atoms with Crippen LogP contribution in [-0.4, -0.2) is 59.3 Å². The van der Waals surface area contributed by atoms with Gasteiger partial charge in [-0.2, -0.15) is 0 Å². The minimum Gasteiger partial charge on any atom is -0.368 e. The third kappa shape index (κ3) is 5.71. The molecule has 166 valence electrons. The summed E-state index contributed by atoms with van der Waals surface area (Å²) in [5, 5.41) is 12.4.